The molecule has 1 N–H and O–H groups in total. The van der Waals surface area contributed by atoms with Gasteiger partial charge in [-0.25, -0.2) is 0 Å². The van der Waals surface area contributed by atoms with Crippen LogP contribution in [0.4, 0.5) is 0 Å². The van der Waals surface area contributed by atoms with Crippen LogP contribution in [-0.4, -0.2) is 13.1 Å². The molecule has 1 heterocycles. The molecule has 1 heteroatoms. The van der Waals surface area contributed by atoms with Gasteiger partial charge in [0.2, 0.25) is 0 Å². The van der Waals surface area contributed by atoms with E-state index in [9.17, 15) is 0 Å². The normalized spacial score (nSPS) is 29.8. The van der Waals surface area contributed by atoms with Crippen LogP contribution >= 0.6 is 0 Å². The third kappa shape index (κ3) is 1.27. The Hall–Kier alpha value is -0.820. The SMILES string of the molecule is [C]c1ccc2c(c1)CC1CNCC2C1. The van der Waals surface area contributed by atoms with E-state index >= 15 is 0 Å². The molecule has 1 nitrogen and oxygen atoms in total. The molecule has 1 fully saturated rings. The molecule has 1 saturated heterocycles. The van der Waals surface area contributed by atoms with Crippen molar-refractivity contribution in [1.82, 2.24) is 5.32 Å². The Bertz CT molecular complexity index is 356. The van der Waals surface area contributed by atoms with E-state index in [0.29, 0.717) is 11.5 Å². The summed E-state index contributed by atoms with van der Waals surface area (Å²) in [7, 11) is 0. The molecular formula is C13H14N. The van der Waals surface area contributed by atoms with Crippen LogP contribution in [-0.2, 0) is 6.42 Å². The summed E-state index contributed by atoms with van der Waals surface area (Å²) < 4.78 is 0. The van der Waals surface area contributed by atoms with E-state index in [4.69, 9.17) is 6.92 Å². The van der Waals surface area contributed by atoms with Gasteiger partial charge in [0.05, 0.1) is 0 Å². The average molecular weight is 184 g/mol. The fourth-order valence-electron chi connectivity index (χ4n) is 2.91. The Balaban J connectivity index is 2.06. The lowest BCUT2D eigenvalue weighted by Crippen LogP contribution is -2.39. The summed E-state index contributed by atoms with van der Waals surface area (Å²) >= 11 is 0. The zero-order valence-electron chi connectivity index (χ0n) is 8.22. The summed E-state index contributed by atoms with van der Waals surface area (Å²) in [6, 6.07) is 6.14. The van der Waals surface area contributed by atoms with Crippen molar-refractivity contribution in [2.75, 3.05) is 13.1 Å². The molecule has 1 aromatic rings. The largest absolute Gasteiger partial charge is 0.316 e. The van der Waals surface area contributed by atoms with Gasteiger partial charge in [0.1, 0.15) is 0 Å². The van der Waals surface area contributed by atoms with Gasteiger partial charge < -0.3 is 5.32 Å². The summed E-state index contributed by atoms with van der Waals surface area (Å²) in [5.41, 5.74) is 3.58. The van der Waals surface area contributed by atoms with Crippen LogP contribution in [0.25, 0.3) is 0 Å². The summed E-state index contributed by atoms with van der Waals surface area (Å²) in [5, 5.41) is 3.50. The molecule has 3 radical (unpaired) electrons. The second-order valence-corrected chi connectivity index (χ2v) is 4.57. The van der Waals surface area contributed by atoms with E-state index in [0.717, 1.165) is 19.0 Å². The van der Waals surface area contributed by atoms with Gasteiger partial charge in [0, 0.05) is 13.5 Å². The number of hydrogen-bond acceptors (Lipinski definition) is 1. The highest BCUT2D eigenvalue weighted by Gasteiger charge is 2.29. The van der Waals surface area contributed by atoms with E-state index in [1.807, 2.05) is 6.07 Å². The molecule has 0 amide bonds. The maximum absolute atomic E-state index is 7.63. The molecule has 2 aliphatic rings. The second-order valence-electron chi connectivity index (χ2n) is 4.57. The molecule has 2 bridgehead atoms. The van der Waals surface area contributed by atoms with Gasteiger partial charge in [-0.05, 0) is 47.9 Å². The lowest BCUT2D eigenvalue weighted by atomic mass is 9.74. The minimum Gasteiger partial charge on any atom is -0.316 e. The summed E-state index contributed by atoms with van der Waals surface area (Å²) in [6.45, 7) is 9.92. The zero-order chi connectivity index (χ0) is 9.54. The topological polar surface area (TPSA) is 12.0 Å². The summed E-state index contributed by atoms with van der Waals surface area (Å²) in [4.78, 5) is 0. The van der Waals surface area contributed by atoms with Crippen LogP contribution in [0.1, 0.15) is 29.0 Å². The Morgan fingerprint density at radius 3 is 3.14 bits per heavy atom. The highest BCUT2D eigenvalue weighted by molar-refractivity contribution is 5.38. The van der Waals surface area contributed by atoms with Crippen molar-refractivity contribution in [3.05, 3.63) is 41.8 Å². The Kier molecular flexibility index (Phi) is 1.88. The lowest BCUT2D eigenvalue weighted by Gasteiger charge is -2.36. The fourth-order valence-corrected chi connectivity index (χ4v) is 2.91. The molecule has 1 aliphatic carbocycles. The smallest absolute Gasteiger partial charge is 0.0299 e. The minimum absolute atomic E-state index is 0.664. The standard InChI is InChI=1S/C13H14N/c1-9-2-3-13-11(4-9)5-10-6-12(13)8-14-7-10/h2-4,10,12,14H,5-8H2. The van der Waals surface area contributed by atoms with E-state index < -0.39 is 0 Å². The van der Waals surface area contributed by atoms with Gasteiger partial charge in [-0.15, -0.1) is 0 Å². The zero-order valence-corrected chi connectivity index (χ0v) is 8.22. The fraction of sp³-hybridized carbons (Fsp3) is 0.462. The van der Waals surface area contributed by atoms with Gasteiger partial charge in [-0.1, -0.05) is 18.2 Å². The third-order valence-electron chi connectivity index (χ3n) is 3.53. The van der Waals surface area contributed by atoms with Crippen LogP contribution in [0.3, 0.4) is 0 Å². The summed E-state index contributed by atoms with van der Waals surface area (Å²) in [5.74, 6) is 1.51. The van der Waals surface area contributed by atoms with Crippen LogP contribution < -0.4 is 5.32 Å². The first kappa shape index (κ1) is 8.49. The van der Waals surface area contributed by atoms with E-state index in [-0.39, 0.29) is 0 Å². The molecule has 3 rings (SSSR count). The molecule has 71 valence electrons. The Labute approximate surface area is 85.5 Å². The number of hydrogen-bond donors (Lipinski definition) is 1. The maximum Gasteiger partial charge on any atom is 0.0299 e. The molecule has 2 unspecified atom stereocenters. The molecular weight excluding hydrogens is 170 g/mol. The molecule has 2 atom stereocenters. The minimum atomic E-state index is 0.664. The van der Waals surface area contributed by atoms with Crippen molar-refractivity contribution >= 4 is 0 Å². The number of fused-ring (bicyclic) bond motifs is 4. The van der Waals surface area contributed by atoms with Crippen molar-refractivity contribution in [1.29, 1.82) is 0 Å². The van der Waals surface area contributed by atoms with Gasteiger partial charge in [0.15, 0.2) is 0 Å². The first-order valence-electron chi connectivity index (χ1n) is 5.38. The maximum atomic E-state index is 7.63. The number of nitrogens with one attached hydrogen (secondary N) is 1. The van der Waals surface area contributed by atoms with E-state index in [1.54, 1.807) is 0 Å². The van der Waals surface area contributed by atoms with E-state index in [1.165, 1.54) is 24.0 Å². The quantitative estimate of drug-likeness (QED) is 0.649. The number of benzene rings is 1. The molecule has 0 saturated carbocycles. The highest BCUT2D eigenvalue weighted by atomic mass is 14.9. The number of piperidine rings is 1. The first-order valence-corrected chi connectivity index (χ1v) is 5.38. The van der Waals surface area contributed by atoms with Crippen molar-refractivity contribution in [3.63, 3.8) is 0 Å². The summed E-state index contributed by atoms with van der Waals surface area (Å²) in [6.07, 6.45) is 2.52. The van der Waals surface area contributed by atoms with Crippen molar-refractivity contribution in [2.24, 2.45) is 5.92 Å². The molecule has 0 aromatic heterocycles. The van der Waals surface area contributed by atoms with Crippen LogP contribution in [0, 0.1) is 12.8 Å². The van der Waals surface area contributed by atoms with Gasteiger partial charge >= 0.3 is 0 Å². The third-order valence-corrected chi connectivity index (χ3v) is 3.53. The highest BCUT2D eigenvalue weighted by Crippen LogP contribution is 2.36. The van der Waals surface area contributed by atoms with Crippen molar-refractivity contribution < 1.29 is 0 Å². The van der Waals surface area contributed by atoms with Crippen LogP contribution in [0.5, 0.6) is 0 Å². The van der Waals surface area contributed by atoms with Gasteiger partial charge in [-0.3, -0.25) is 0 Å². The average Bonchev–Trinajstić information content (AvgIpc) is 2.17. The van der Waals surface area contributed by atoms with Crippen LogP contribution in [0.15, 0.2) is 18.2 Å². The molecule has 1 aromatic carbocycles. The van der Waals surface area contributed by atoms with Gasteiger partial charge in [-0.2, -0.15) is 0 Å². The monoisotopic (exact) mass is 184 g/mol. The predicted octanol–water partition coefficient (Wildman–Crippen LogP) is 1.87. The van der Waals surface area contributed by atoms with E-state index in [2.05, 4.69) is 17.4 Å². The predicted molar refractivity (Wildman–Crippen MR) is 56.2 cm³/mol. The first-order chi connectivity index (χ1) is 6.83. The van der Waals surface area contributed by atoms with Crippen LogP contribution in [0.2, 0.25) is 0 Å². The lowest BCUT2D eigenvalue weighted by molar-refractivity contribution is 0.318. The number of rotatable bonds is 0. The van der Waals surface area contributed by atoms with Crippen molar-refractivity contribution in [2.45, 2.75) is 18.8 Å². The molecule has 1 aliphatic heterocycles. The Morgan fingerprint density at radius 1 is 1.29 bits per heavy atom. The molecule has 14 heavy (non-hydrogen) atoms. The van der Waals surface area contributed by atoms with Crippen molar-refractivity contribution in [3.8, 4) is 0 Å². The Morgan fingerprint density at radius 2 is 2.21 bits per heavy atom. The van der Waals surface area contributed by atoms with Gasteiger partial charge in [0.25, 0.3) is 0 Å². The second kappa shape index (κ2) is 3.09. The molecule has 0 spiro atoms.